The number of nitrogens with one attached hydrogen (secondary N) is 1. The van der Waals surface area contributed by atoms with Crippen molar-refractivity contribution < 1.29 is 22.4 Å². The second-order valence-corrected chi connectivity index (χ2v) is 10.5. The minimum atomic E-state index is -3.68. The van der Waals surface area contributed by atoms with Gasteiger partial charge in [-0.2, -0.15) is 4.31 Å². The van der Waals surface area contributed by atoms with Crippen LogP contribution >= 0.6 is 11.8 Å². The Morgan fingerprint density at radius 1 is 1.09 bits per heavy atom. The molecule has 0 aliphatic carbocycles. The summed E-state index contributed by atoms with van der Waals surface area (Å²) in [6.07, 6.45) is 1.60. The van der Waals surface area contributed by atoms with E-state index < -0.39 is 15.9 Å². The Kier molecular flexibility index (Phi) is 6.84. The van der Waals surface area contributed by atoms with Gasteiger partial charge in [0.1, 0.15) is 0 Å². The van der Waals surface area contributed by atoms with Gasteiger partial charge in [-0.1, -0.05) is 11.2 Å². The van der Waals surface area contributed by atoms with E-state index in [-0.39, 0.29) is 47.7 Å². The summed E-state index contributed by atoms with van der Waals surface area (Å²) in [5.41, 5.74) is 1.01. The number of rotatable bonds is 6. The van der Waals surface area contributed by atoms with Crippen molar-refractivity contribution in [3.05, 3.63) is 54.1 Å². The molecule has 4 rings (SSSR count). The van der Waals surface area contributed by atoms with Crippen molar-refractivity contribution in [2.75, 3.05) is 24.7 Å². The summed E-state index contributed by atoms with van der Waals surface area (Å²) in [7, 11) is -3.68. The first-order valence-electron chi connectivity index (χ1n) is 10.3. The number of benzene rings is 2. The van der Waals surface area contributed by atoms with E-state index in [9.17, 15) is 13.2 Å². The van der Waals surface area contributed by atoms with Gasteiger partial charge in [-0.3, -0.25) is 10.1 Å². The zero-order valence-electron chi connectivity index (χ0n) is 18.4. The van der Waals surface area contributed by atoms with Crippen LogP contribution in [0.15, 0.2) is 62.7 Å². The number of amides is 1. The summed E-state index contributed by atoms with van der Waals surface area (Å²) in [5, 5.41) is 10.4. The third-order valence-corrected chi connectivity index (χ3v) is 7.67. The van der Waals surface area contributed by atoms with E-state index >= 15 is 0 Å². The lowest BCUT2D eigenvalue weighted by molar-refractivity contribution is -0.0440. The molecule has 1 aromatic heterocycles. The van der Waals surface area contributed by atoms with E-state index in [2.05, 4.69) is 15.5 Å². The Morgan fingerprint density at radius 3 is 2.45 bits per heavy atom. The van der Waals surface area contributed by atoms with E-state index in [0.29, 0.717) is 0 Å². The van der Waals surface area contributed by atoms with E-state index in [1.807, 2.05) is 44.4 Å². The fourth-order valence-electron chi connectivity index (χ4n) is 3.57. The molecule has 1 amide bonds. The molecule has 0 bridgehead atoms. The van der Waals surface area contributed by atoms with E-state index in [4.69, 9.17) is 9.15 Å². The maximum atomic E-state index is 13.0. The summed E-state index contributed by atoms with van der Waals surface area (Å²) < 4.78 is 38.5. The largest absolute Gasteiger partial charge is 0.403 e. The van der Waals surface area contributed by atoms with Gasteiger partial charge >= 0.3 is 6.01 Å². The van der Waals surface area contributed by atoms with Crippen LogP contribution < -0.4 is 5.32 Å². The summed E-state index contributed by atoms with van der Waals surface area (Å²) >= 11 is 1.59. The number of hydrogen-bond acceptors (Lipinski definition) is 8. The first kappa shape index (κ1) is 23.4. The minimum absolute atomic E-state index is 0.0439. The number of anilines is 1. The molecule has 2 unspecified atom stereocenters. The second kappa shape index (κ2) is 9.64. The van der Waals surface area contributed by atoms with Gasteiger partial charge in [0.2, 0.25) is 15.9 Å². The zero-order chi connectivity index (χ0) is 23.6. The highest BCUT2D eigenvalue weighted by atomic mass is 32.2. The molecule has 3 aromatic rings. The fourth-order valence-corrected chi connectivity index (χ4v) is 5.62. The molecule has 1 saturated heterocycles. The molecule has 1 aliphatic rings. The maximum Gasteiger partial charge on any atom is 0.322 e. The number of thioether (sulfide) groups is 1. The molecule has 1 N–H and O–H groups in total. The van der Waals surface area contributed by atoms with Crippen molar-refractivity contribution >= 4 is 33.7 Å². The highest BCUT2D eigenvalue weighted by Crippen LogP contribution is 2.25. The van der Waals surface area contributed by atoms with Crippen LogP contribution in [-0.2, 0) is 14.8 Å². The third kappa shape index (κ3) is 5.27. The number of carbonyl (C=O) groups is 1. The van der Waals surface area contributed by atoms with Crippen LogP contribution in [0.5, 0.6) is 0 Å². The van der Waals surface area contributed by atoms with Gasteiger partial charge in [0, 0.05) is 29.1 Å². The van der Waals surface area contributed by atoms with E-state index in [0.717, 1.165) is 10.5 Å². The molecule has 1 fully saturated rings. The Bertz CT molecular complexity index is 1230. The van der Waals surface area contributed by atoms with Crippen molar-refractivity contribution in [1.29, 1.82) is 0 Å². The van der Waals surface area contributed by atoms with Crippen LogP contribution in [0.1, 0.15) is 24.2 Å². The van der Waals surface area contributed by atoms with Gasteiger partial charge in [-0.25, -0.2) is 8.42 Å². The van der Waals surface area contributed by atoms with Crippen molar-refractivity contribution in [3.63, 3.8) is 0 Å². The number of aromatic nitrogens is 2. The standard InChI is InChI=1S/C22H24N4O5S2/c1-14-12-26(13-15(2)30-14)33(28,29)19-9-7-16(8-10-19)20(27)23-22-25-24-21(31-22)17-5-4-6-18(11-17)32-3/h4-11,14-15H,12-13H2,1-3H3,(H,23,25,27). The van der Waals surface area contributed by atoms with Crippen LogP contribution in [0.2, 0.25) is 0 Å². The summed E-state index contributed by atoms with van der Waals surface area (Å²) in [5.74, 6) is -0.197. The zero-order valence-corrected chi connectivity index (χ0v) is 20.0. The first-order chi connectivity index (χ1) is 15.8. The number of hydrogen-bond donors (Lipinski definition) is 1. The van der Waals surface area contributed by atoms with E-state index in [1.54, 1.807) is 11.8 Å². The number of morpholine rings is 1. The number of nitrogens with zero attached hydrogens (tertiary/aromatic N) is 3. The highest BCUT2D eigenvalue weighted by molar-refractivity contribution is 7.98. The van der Waals surface area contributed by atoms with Crippen LogP contribution in [0, 0.1) is 0 Å². The van der Waals surface area contributed by atoms with Gasteiger partial charge in [0.15, 0.2) is 0 Å². The van der Waals surface area contributed by atoms with Crippen LogP contribution in [-0.4, -0.2) is 60.4 Å². The topological polar surface area (TPSA) is 115 Å². The quantitative estimate of drug-likeness (QED) is 0.524. The van der Waals surface area contributed by atoms with Gasteiger partial charge in [0.25, 0.3) is 5.91 Å². The molecule has 0 spiro atoms. The molecule has 2 heterocycles. The lowest BCUT2D eigenvalue weighted by Gasteiger charge is -2.34. The molecular weight excluding hydrogens is 464 g/mol. The molecule has 174 valence electrons. The van der Waals surface area contributed by atoms with Crippen LogP contribution in [0.25, 0.3) is 11.5 Å². The van der Waals surface area contributed by atoms with Crippen LogP contribution in [0.3, 0.4) is 0 Å². The molecule has 33 heavy (non-hydrogen) atoms. The Labute approximate surface area is 196 Å². The molecule has 2 atom stereocenters. The fraction of sp³-hybridized carbons (Fsp3) is 0.318. The molecular formula is C22H24N4O5S2. The SMILES string of the molecule is CSc1cccc(-c2nnc(NC(=O)c3ccc(S(=O)(=O)N4CC(C)OC(C)C4)cc3)o2)c1. The predicted octanol–water partition coefficient (Wildman–Crippen LogP) is 3.51. The molecule has 1 aliphatic heterocycles. The Hall–Kier alpha value is -2.73. The van der Waals surface area contributed by atoms with Gasteiger partial charge < -0.3 is 9.15 Å². The lowest BCUT2D eigenvalue weighted by Crippen LogP contribution is -2.48. The van der Waals surface area contributed by atoms with Gasteiger partial charge in [0.05, 0.1) is 17.1 Å². The van der Waals surface area contributed by atoms with Crippen molar-refractivity contribution in [1.82, 2.24) is 14.5 Å². The Morgan fingerprint density at radius 2 is 1.79 bits per heavy atom. The normalized spacial score (nSPS) is 19.4. The van der Waals surface area contributed by atoms with E-state index in [1.165, 1.54) is 28.6 Å². The summed E-state index contributed by atoms with van der Waals surface area (Å²) in [6.45, 7) is 4.25. The monoisotopic (exact) mass is 488 g/mol. The van der Waals surface area contributed by atoms with Crippen LogP contribution in [0.4, 0.5) is 6.01 Å². The van der Waals surface area contributed by atoms with Crippen molar-refractivity contribution in [3.8, 4) is 11.5 Å². The van der Waals surface area contributed by atoms with Crippen molar-refractivity contribution in [2.24, 2.45) is 0 Å². The first-order valence-corrected chi connectivity index (χ1v) is 13.0. The maximum absolute atomic E-state index is 13.0. The highest BCUT2D eigenvalue weighted by Gasteiger charge is 2.32. The number of ether oxygens (including phenoxy) is 1. The summed E-state index contributed by atoms with van der Waals surface area (Å²) in [4.78, 5) is 13.8. The predicted molar refractivity (Wildman–Crippen MR) is 125 cm³/mol. The third-order valence-electron chi connectivity index (χ3n) is 5.10. The molecule has 9 nitrogen and oxygen atoms in total. The Balaban J connectivity index is 1.45. The number of carbonyl (C=O) groups excluding carboxylic acids is 1. The minimum Gasteiger partial charge on any atom is -0.403 e. The van der Waals surface area contributed by atoms with Gasteiger partial charge in [-0.15, -0.1) is 16.9 Å². The number of sulfonamides is 1. The molecule has 0 radical (unpaired) electrons. The molecule has 11 heteroatoms. The summed E-state index contributed by atoms with van der Waals surface area (Å²) in [6, 6.07) is 13.3. The average Bonchev–Trinajstić information content (AvgIpc) is 3.27. The molecule has 0 saturated carbocycles. The average molecular weight is 489 g/mol. The second-order valence-electron chi connectivity index (χ2n) is 7.70. The lowest BCUT2D eigenvalue weighted by atomic mass is 10.2. The van der Waals surface area contributed by atoms with Gasteiger partial charge in [-0.05, 0) is 62.6 Å². The molecule has 2 aromatic carbocycles. The smallest absolute Gasteiger partial charge is 0.322 e. The van der Waals surface area contributed by atoms with Crippen molar-refractivity contribution in [2.45, 2.75) is 35.8 Å².